The summed E-state index contributed by atoms with van der Waals surface area (Å²) in [6, 6.07) is 0.360. The average Bonchev–Trinajstić information content (AvgIpc) is 2.27. The molecule has 0 aliphatic heterocycles. The molecule has 0 unspecified atom stereocenters. The normalized spacial score (nSPS) is 13.2. The van der Waals surface area contributed by atoms with Gasteiger partial charge in [-0.25, -0.2) is 9.18 Å². The van der Waals surface area contributed by atoms with Gasteiger partial charge in [-0.15, -0.1) is 0 Å². The van der Waals surface area contributed by atoms with E-state index in [0.29, 0.717) is 12.1 Å². The minimum atomic E-state index is -4.65. The first-order valence-corrected chi connectivity index (χ1v) is 5.06. The third-order valence-electron chi connectivity index (χ3n) is 2.20. The molecule has 0 aliphatic rings. The smallest absolute Gasteiger partial charge is 0.416 e. The second-order valence-corrected chi connectivity index (χ2v) is 3.46. The largest absolute Gasteiger partial charge is 0.465 e. The number of alkyl halides is 3. The van der Waals surface area contributed by atoms with Crippen LogP contribution in [0.25, 0.3) is 0 Å². The van der Waals surface area contributed by atoms with E-state index in [1.807, 2.05) is 0 Å². The van der Waals surface area contributed by atoms with Gasteiger partial charge in [0.15, 0.2) is 0 Å². The number of hydrogen-bond acceptors (Lipinski definition) is 3. The van der Waals surface area contributed by atoms with Gasteiger partial charge in [-0.3, -0.25) is 0 Å². The third-order valence-corrected chi connectivity index (χ3v) is 2.20. The van der Waals surface area contributed by atoms with Gasteiger partial charge in [-0.2, -0.15) is 13.2 Å². The molecule has 0 bridgehead atoms. The van der Waals surface area contributed by atoms with E-state index in [1.165, 1.54) is 6.92 Å². The molecular formula is C11H11F4NO2. The average molecular weight is 265 g/mol. The molecule has 7 heteroatoms. The van der Waals surface area contributed by atoms with Gasteiger partial charge in [0.05, 0.1) is 12.2 Å². The maximum Gasteiger partial charge on any atom is 0.416 e. The molecule has 1 atom stereocenters. The van der Waals surface area contributed by atoms with Gasteiger partial charge in [-0.1, -0.05) is 6.07 Å². The highest BCUT2D eigenvalue weighted by atomic mass is 19.4. The lowest BCUT2D eigenvalue weighted by molar-refractivity contribution is -0.144. The number of ether oxygens (including phenoxy) is 1. The Morgan fingerprint density at radius 1 is 1.44 bits per heavy atom. The first kappa shape index (κ1) is 14.4. The van der Waals surface area contributed by atoms with Crippen LogP contribution >= 0.6 is 0 Å². The minimum Gasteiger partial charge on any atom is -0.465 e. The quantitative estimate of drug-likeness (QED) is 0.674. The topological polar surface area (TPSA) is 52.3 Å². The Hall–Kier alpha value is -1.63. The highest BCUT2D eigenvalue weighted by Gasteiger charge is 2.32. The molecule has 1 aromatic rings. The summed E-state index contributed by atoms with van der Waals surface area (Å²) in [4.78, 5) is 11.2. The van der Waals surface area contributed by atoms with Crippen molar-refractivity contribution in [2.24, 2.45) is 5.73 Å². The number of hydrogen-bond donors (Lipinski definition) is 1. The Balaban J connectivity index is 3.02. The third kappa shape index (κ3) is 3.19. The number of esters is 1. The fourth-order valence-corrected chi connectivity index (χ4v) is 1.31. The minimum absolute atomic E-state index is 0.0504. The fourth-order valence-electron chi connectivity index (χ4n) is 1.31. The van der Waals surface area contributed by atoms with Crippen molar-refractivity contribution in [1.82, 2.24) is 0 Å². The van der Waals surface area contributed by atoms with Crippen molar-refractivity contribution in [3.8, 4) is 0 Å². The van der Waals surface area contributed by atoms with Gasteiger partial charge >= 0.3 is 12.1 Å². The predicted molar refractivity (Wildman–Crippen MR) is 55.0 cm³/mol. The molecule has 0 radical (unpaired) electrons. The van der Waals surface area contributed by atoms with E-state index in [-0.39, 0.29) is 12.2 Å². The highest BCUT2D eigenvalue weighted by Crippen LogP contribution is 2.31. The number of benzene rings is 1. The molecule has 100 valence electrons. The van der Waals surface area contributed by atoms with Crippen LogP contribution in [0.3, 0.4) is 0 Å². The number of nitrogens with two attached hydrogens (primary N) is 1. The Kier molecular flexibility index (Phi) is 4.28. The van der Waals surface area contributed by atoms with Crippen LogP contribution in [0, 0.1) is 5.82 Å². The number of halogens is 4. The lowest BCUT2D eigenvalue weighted by Gasteiger charge is -2.13. The van der Waals surface area contributed by atoms with Crippen LogP contribution in [0.15, 0.2) is 18.2 Å². The van der Waals surface area contributed by atoms with Crippen LogP contribution in [-0.2, 0) is 15.7 Å². The summed E-state index contributed by atoms with van der Waals surface area (Å²) in [7, 11) is 0. The van der Waals surface area contributed by atoms with Crippen molar-refractivity contribution < 1.29 is 27.1 Å². The van der Waals surface area contributed by atoms with Crippen molar-refractivity contribution in [3.63, 3.8) is 0 Å². The van der Waals surface area contributed by atoms with Crippen molar-refractivity contribution in [1.29, 1.82) is 0 Å². The maximum atomic E-state index is 13.4. The van der Waals surface area contributed by atoms with Gasteiger partial charge in [0.1, 0.15) is 11.9 Å². The van der Waals surface area contributed by atoms with Gasteiger partial charge in [-0.05, 0) is 19.1 Å². The molecule has 0 amide bonds. The van der Waals surface area contributed by atoms with Gasteiger partial charge < -0.3 is 10.5 Å². The SMILES string of the molecule is CCOC(=O)[C@H](N)c1ccc(C(F)(F)F)cc1F. The summed E-state index contributed by atoms with van der Waals surface area (Å²) in [5, 5.41) is 0. The molecule has 0 spiro atoms. The van der Waals surface area contributed by atoms with Crippen molar-refractivity contribution >= 4 is 5.97 Å². The Bertz CT molecular complexity index is 445. The summed E-state index contributed by atoms with van der Waals surface area (Å²) >= 11 is 0. The number of rotatable bonds is 3. The molecule has 0 fully saturated rings. The lowest BCUT2D eigenvalue weighted by Crippen LogP contribution is -2.25. The van der Waals surface area contributed by atoms with E-state index in [1.54, 1.807) is 0 Å². The van der Waals surface area contributed by atoms with Crippen LogP contribution in [0.2, 0.25) is 0 Å². The van der Waals surface area contributed by atoms with E-state index in [4.69, 9.17) is 5.73 Å². The first-order chi connectivity index (χ1) is 8.27. The number of carbonyl (C=O) groups excluding carboxylic acids is 1. The van der Waals surface area contributed by atoms with E-state index in [2.05, 4.69) is 4.74 Å². The molecule has 3 nitrogen and oxygen atoms in total. The van der Waals surface area contributed by atoms with Crippen molar-refractivity contribution in [2.45, 2.75) is 19.1 Å². The maximum absolute atomic E-state index is 13.4. The van der Waals surface area contributed by atoms with E-state index in [9.17, 15) is 22.4 Å². The first-order valence-electron chi connectivity index (χ1n) is 5.06. The molecular weight excluding hydrogens is 254 g/mol. The molecule has 18 heavy (non-hydrogen) atoms. The molecule has 0 saturated heterocycles. The summed E-state index contributed by atoms with van der Waals surface area (Å²) < 4.78 is 54.9. The van der Waals surface area contributed by atoms with E-state index in [0.717, 1.165) is 6.07 Å². The summed E-state index contributed by atoms with van der Waals surface area (Å²) in [6.07, 6.45) is -4.65. The van der Waals surface area contributed by atoms with Crippen molar-refractivity contribution in [3.05, 3.63) is 35.1 Å². The highest BCUT2D eigenvalue weighted by molar-refractivity contribution is 5.77. The molecule has 0 saturated carbocycles. The molecule has 1 aromatic carbocycles. The summed E-state index contributed by atoms with van der Waals surface area (Å²) in [5.74, 6) is -2.08. The number of carbonyl (C=O) groups is 1. The molecule has 0 aromatic heterocycles. The zero-order chi connectivity index (χ0) is 13.9. The van der Waals surface area contributed by atoms with Crippen LogP contribution in [-0.4, -0.2) is 12.6 Å². The monoisotopic (exact) mass is 265 g/mol. The molecule has 0 heterocycles. The second kappa shape index (κ2) is 5.34. The Labute approximate surface area is 101 Å². The van der Waals surface area contributed by atoms with Gasteiger partial charge in [0.2, 0.25) is 0 Å². The predicted octanol–water partition coefficient (Wildman–Crippen LogP) is 2.41. The van der Waals surface area contributed by atoms with E-state index < -0.39 is 29.6 Å². The zero-order valence-electron chi connectivity index (χ0n) is 9.42. The fraction of sp³-hybridized carbons (Fsp3) is 0.364. The van der Waals surface area contributed by atoms with Gasteiger partial charge in [0.25, 0.3) is 0 Å². The van der Waals surface area contributed by atoms with Gasteiger partial charge in [0, 0.05) is 5.56 Å². The lowest BCUT2D eigenvalue weighted by atomic mass is 10.0. The Morgan fingerprint density at radius 3 is 2.50 bits per heavy atom. The van der Waals surface area contributed by atoms with E-state index >= 15 is 0 Å². The Morgan fingerprint density at radius 2 is 2.06 bits per heavy atom. The zero-order valence-corrected chi connectivity index (χ0v) is 9.42. The van der Waals surface area contributed by atoms with Crippen LogP contribution in [0.1, 0.15) is 24.1 Å². The standard InChI is InChI=1S/C11H11F4NO2/c1-2-18-10(17)9(16)7-4-3-6(5-8(7)12)11(13,14)15/h3-5,9H,2,16H2,1H3/t9-/m1/s1. The second-order valence-electron chi connectivity index (χ2n) is 3.46. The van der Waals surface area contributed by atoms with Crippen molar-refractivity contribution in [2.75, 3.05) is 6.61 Å². The molecule has 0 aliphatic carbocycles. The summed E-state index contributed by atoms with van der Waals surface area (Å²) in [5.41, 5.74) is 3.92. The van der Waals surface area contributed by atoms with Crippen LogP contribution in [0.4, 0.5) is 17.6 Å². The molecule has 1 rings (SSSR count). The summed E-state index contributed by atoms with van der Waals surface area (Å²) in [6.45, 7) is 1.59. The molecule has 2 N–H and O–H groups in total. The van der Waals surface area contributed by atoms with Crippen LogP contribution < -0.4 is 5.73 Å². The van der Waals surface area contributed by atoms with Crippen LogP contribution in [0.5, 0.6) is 0 Å².